The second-order valence-electron chi connectivity index (χ2n) is 3.90. The van der Waals surface area contributed by atoms with E-state index in [9.17, 15) is 4.79 Å². The van der Waals surface area contributed by atoms with Crippen LogP contribution in [0.3, 0.4) is 0 Å². The summed E-state index contributed by atoms with van der Waals surface area (Å²) in [4.78, 5) is 13.9. The van der Waals surface area contributed by atoms with Gasteiger partial charge in [0, 0.05) is 25.2 Å². The summed E-state index contributed by atoms with van der Waals surface area (Å²) in [6.45, 7) is 2.33. The lowest BCUT2D eigenvalue weighted by atomic mass is 10.1. The third-order valence-electron chi connectivity index (χ3n) is 2.83. The summed E-state index contributed by atoms with van der Waals surface area (Å²) in [6.07, 6.45) is 2.26. The molecule has 0 saturated carbocycles. The molecule has 0 spiro atoms. The van der Waals surface area contributed by atoms with Gasteiger partial charge in [0.1, 0.15) is 0 Å². The largest absolute Gasteiger partial charge is 0.339 e. The number of carbonyl (C=O) groups excluding carboxylic acids is 1. The Labute approximate surface area is 102 Å². The van der Waals surface area contributed by atoms with Gasteiger partial charge in [-0.15, -0.1) is 12.4 Å². The molecule has 0 atom stereocenters. The lowest BCUT2D eigenvalue weighted by Gasteiger charge is -2.15. The van der Waals surface area contributed by atoms with Gasteiger partial charge in [-0.1, -0.05) is 12.1 Å². The standard InChI is InChI=1S/C12H16N2O.ClH/c13-9-10-3-5-11(6-4-10)12(15)14-7-1-2-8-14;/h3-6H,1-2,7-9,13H2;1H. The first-order valence-corrected chi connectivity index (χ1v) is 5.39. The van der Waals surface area contributed by atoms with Crippen molar-refractivity contribution >= 4 is 18.3 Å². The van der Waals surface area contributed by atoms with Gasteiger partial charge in [0.15, 0.2) is 0 Å². The van der Waals surface area contributed by atoms with E-state index in [4.69, 9.17) is 5.73 Å². The van der Waals surface area contributed by atoms with Gasteiger partial charge < -0.3 is 10.6 Å². The molecule has 1 aromatic rings. The second kappa shape index (κ2) is 5.87. The number of benzene rings is 1. The zero-order valence-corrected chi connectivity index (χ0v) is 10.0. The van der Waals surface area contributed by atoms with Crippen molar-refractivity contribution in [1.82, 2.24) is 4.90 Å². The van der Waals surface area contributed by atoms with E-state index < -0.39 is 0 Å². The van der Waals surface area contributed by atoms with Gasteiger partial charge in [-0.2, -0.15) is 0 Å². The first kappa shape index (κ1) is 13.0. The van der Waals surface area contributed by atoms with Gasteiger partial charge >= 0.3 is 0 Å². The summed E-state index contributed by atoms with van der Waals surface area (Å²) in [5.41, 5.74) is 7.34. The average molecular weight is 241 g/mol. The number of rotatable bonds is 2. The van der Waals surface area contributed by atoms with Crippen molar-refractivity contribution in [3.8, 4) is 0 Å². The molecule has 3 nitrogen and oxygen atoms in total. The minimum absolute atomic E-state index is 0. The van der Waals surface area contributed by atoms with E-state index in [0.717, 1.165) is 37.1 Å². The van der Waals surface area contributed by atoms with Crippen LogP contribution in [0.15, 0.2) is 24.3 Å². The maximum Gasteiger partial charge on any atom is 0.253 e. The highest BCUT2D eigenvalue weighted by Gasteiger charge is 2.18. The van der Waals surface area contributed by atoms with Crippen molar-refractivity contribution in [1.29, 1.82) is 0 Å². The van der Waals surface area contributed by atoms with E-state index in [1.165, 1.54) is 0 Å². The Morgan fingerprint density at radius 2 is 1.75 bits per heavy atom. The molecular weight excluding hydrogens is 224 g/mol. The molecule has 1 aliphatic rings. The lowest BCUT2D eigenvalue weighted by Crippen LogP contribution is -2.27. The average Bonchev–Trinajstić information content (AvgIpc) is 2.82. The van der Waals surface area contributed by atoms with Crippen LogP contribution in [0, 0.1) is 0 Å². The van der Waals surface area contributed by atoms with Crippen LogP contribution in [0.25, 0.3) is 0 Å². The number of hydrogen-bond donors (Lipinski definition) is 1. The fourth-order valence-corrected chi connectivity index (χ4v) is 1.89. The Balaban J connectivity index is 0.00000128. The molecule has 1 saturated heterocycles. The predicted molar refractivity (Wildman–Crippen MR) is 66.7 cm³/mol. The highest BCUT2D eigenvalue weighted by Crippen LogP contribution is 2.13. The van der Waals surface area contributed by atoms with Crippen LogP contribution < -0.4 is 5.73 Å². The summed E-state index contributed by atoms with van der Waals surface area (Å²) in [5, 5.41) is 0. The zero-order valence-electron chi connectivity index (χ0n) is 9.19. The van der Waals surface area contributed by atoms with Crippen LogP contribution >= 0.6 is 12.4 Å². The van der Waals surface area contributed by atoms with Crippen molar-refractivity contribution in [2.24, 2.45) is 5.73 Å². The van der Waals surface area contributed by atoms with Crippen molar-refractivity contribution in [2.75, 3.05) is 13.1 Å². The summed E-state index contributed by atoms with van der Waals surface area (Å²) in [5.74, 6) is 0.149. The van der Waals surface area contributed by atoms with Crippen LogP contribution in [0.1, 0.15) is 28.8 Å². The summed E-state index contributed by atoms with van der Waals surface area (Å²) in [7, 11) is 0. The van der Waals surface area contributed by atoms with Crippen LogP contribution in [0.5, 0.6) is 0 Å². The Kier molecular flexibility index (Phi) is 4.77. The molecule has 1 heterocycles. The topological polar surface area (TPSA) is 46.3 Å². The number of halogens is 1. The van der Waals surface area contributed by atoms with Crippen molar-refractivity contribution in [3.63, 3.8) is 0 Å². The Hall–Kier alpha value is -1.06. The quantitative estimate of drug-likeness (QED) is 0.857. The number of nitrogens with two attached hydrogens (primary N) is 1. The Bertz CT molecular complexity index is 345. The molecule has 0 aliphatic carbocycles. The van der Waals surface area contributed by atoms with E-state index in [0.29, 0.717) is 6.54 Å². The molecule has 88 valence electrons. The van der Waals surface area contributed by atoms with E-state index in [2.05, 4.69) is 0 Å². The monoisotopic (exact) mass is 240 g/mol. The molecule has 16 heavy (non-hydrogen) atoms. The van der Waals surface area contributed by atoms with Gasteiger partial charge in [-0.25, -0.2) is 0 Å². The molecule has 0 bridgehead atoms. The van der Waals surface area contributed by atoms with Gasteiger partial charge in [-0.05, 0) is 30.5 Å². The highest BCUT2D eigenvalue weighted by atomic mass is 35.5. The molecular formula is C12H17ClN2O. The normalized spacial score (nSPS) is 14.7. The minimum Gasteiger partial charge on any atom is -0.339 e. The highest BCUT2D eigenvalue weighted by molar-refractivity contribution is 5.94. The van der Waals surface area contributed by atoms with Crippen LogP contribution in [0.4, 0.5) is 0 Å². The predicted octanol–water partition coefficient (Wildman–Crippen LogP) is 1.80. The third kappa shape index (κ3) is 2.74. The van der Waals surface area contributed by atoms with Crippen molar-refractivity contribution in [2.45, 2.75) is 19.4 Å². The van der Waals surface area contributed by atoms with E-state index >= 15 is 0 Å². The second-order valence-corrected chi connectivity index (χ2v) is 3.90. The number of hydrogen-bond acceptors (Lipinski definition) is 2. The molecule has 0 aromatic heterocycles. The minimum atomic E-state index is 0. The first-order valence-electron chi connectivity index (χ1n) is 5.39. The molecule has 1 aliphatic heterocycles. The Morgan fingerprint density at radius 1 is 1.19 bits per heavy atom. The maximum atomic E-state index is 11.9. The molecule has 2 N–H and O–H groups in total. The number of likely N-dealkylation sites (tertiary alicyclic amines) is 1. The number of carbonyl (C=O) groups is 1. The van der Waals surface area contributed by atoms with Crippen LogP contribution in [0.2, 0.25) is 0 Å². The van der Waals surface area contributed by atoms with E-state index in [1.807, 2.05) is 29.2 Å². The fourth-order valence-electron chi connectivity index (χ4n) is 1.89. The van der Waals surface area contributed by atoms with Gasteiger partial charge in [0.05, 0.1) is 0 Å². The van der Waals surface area contributed by atoms with Crippen molar-refractivity contribution in [3.05, 3.63) is 35.4 Å². The molecule has 4 heteroatoms. The molecule has 0 unspecified atom stereocenters. The van der Waals surface area contributed by atoms with Crippen LogP contribution in [-0.2, 0) is 6.54 Å². The SMILES string of the molecule is Cl.NCc1ccc(C(=O)N2CCCC2)cc1. The van der Waals surface area contributed by atoms with Crippen LogP contribution in [-0.4, -0.2) is 23.9 Å². The zero-order chi connectivity index (χ0) is 10.7. The summed E-state index contributed by atoms with van der Waals surface area (Å²) < 4.78 is 0. The smallest absolute Gasteiger partial charge is 0.253 e. The van der Waals surface area contributed by atoms with Gasteiger partial charge in [0.2, 0.25) is 0 Å². The van der Waals surface area contributed by atoms with E-state index in [-0.39, 0.29) is 18.3 Å². The molecule has 1 aromatic carbocycles. The summed E-state index contributed by atoms with van der Waals surface area (Å²) in [6, 6.07) is 7.57. The van der Waals surface area contributed by atoms with Gasteiger partial charge in [-0.3, -0.25) is 4.79 Å². The summed E-state index contributed by atoms with van der Waals surface area (Å²) >= 11 is 0. The first-order chi connectivity index (χ1) is 7.31. The molecule has 2 rings (SSSR count). The van der Waals surface area contributed by atoms with Gasteiger partial charge in [0.25, 0.3) is 5.91 Å². The number of amides is 1. The Morgan fingerprint density at radius 3 is 2.25 bits per heavy atom. The number of nitrogens with zero attached hydrogens (tertiary/aromatic N) is 1. The fraction of sp³-hybridized carbons (Fsp3) is 0.417. The van der Waals surface area contributed by atoms with Crippen molar-refractivity contribution < 1.29 is 4.79 Å². The maximum absolute atomic E-state index is 11.9. The van der Waals surface area contributed by atoms with E-state index in [1.54, 1.807) is 0 Å². The molecule has 1 amide bonds. The molecule has 0 radical (unpaired) electrons. The lowest BCUT2D eigenvalue weighted by molar-refractivity contribution is 0.0793. The third-order valence-corrected chi connectivity index (χ3v) is 2.83. The molecule has 1 fully saturated rings.